The Balaban J connectivity index is 1.76. The van der Waals surface area contributed by atoms with Crippen LogP contribution in [0.5, 0.6) is 0 Å². The number of carbonyl (C=O) groups is 1. The van der Waals surface area contributed by atoms with Crippen LogP contribution in [-0.4, -0.2) is 62.2 Å². The van der Waals surface area contributed by atoms with Crippen molar-refractivity contribution in [3.05, 3.63) is 36.0 Å². The zero-order valence-corrected chi connectivity index (χ0v) is 16.6. The number of nitrogens with zero attached hydrogens (tertiary/aromatic N) is 4. The lowest BCUT2D eigenvalue weighted by atomic mass is 10.2. The van der Waals surface area contributed by atoms with Gasteiger partial charge < -0.3 is 20.3 Å². The van der Waals surface area contributed by atoms with E-state index >= 15 is 0 Å². The van der Waals surface area contributed by atoms with Crippen molar-refractivity contribution in [2.75, 3.05) is 43.4 Å². The van der Waals surface area contributed by atoms with Gasteiger partial charge in [-0.05, 0) is 26.0 Å². The van der Waals surface area contributed by atoms with Gasteiger partial charge in [0, 0.05) is 26.2 Å². The molecule has 1 fully saturated rings. The highest BCUT2D eigenvalue weighted by Gasteiger charge is 2.26. The second-order valence-electron chi connectivity index (χ2n) is 6.41. The van der Waals surface area contributed by atoms with Crippen LogP contribution in [0.25, 0.3) is 0 Å². The van der Waals surface area contributed by atoms with Crippen LogP contribution in [-0.2, 0) is 14.6 Å². The summed E-state index contributed by atoms with van der Waals surface area (Å²) in [6.07, 6.45) is 0.895. The molecule has 1 amide bonds. The molecule has 3 rings (SSSR count). The predicted molar refractivity (Wildman–Crippen MR) is 104 cm³/mol. The first kappa shape index (κ1) is 19.9. The van der Waals surface area contributed by atoms with E-state index in [1.807, 2.05) is 11.8 Å². The SMILES string of the molecule is CCOC(=O)N1CCN(c2ncc(S(=O)(=O)c3ccc(C)cc3)c(N)n2)CC1. The van der Waals surface area contributed by atoms with Crippen LogP contribution in [0, 0.1) is 6.92 Å². The van der Waals surface area contributed by atoms with Crippen molar-refractivity contribution in [2.24, 2.45) is 0 Å². The number of aromatic nitrogens is 2. The Labute approximate surface area is 164 Å². The lowest BCUT2D eigenvalue weighted by Crippen LogP contribution is -2.49. The Morgan fingerprint density at radius 1 is 1.18 bits per heavy atom. The van der Waals surface area contributed by atoms with E-state index in [0.717, 1.165) is 5.56 Å². The van der Waals surface area contributed by atoms with Gasteiger partial charge in [0.25, 0.3) is 0 Å². The fraction of sp³-hybridized carbons (Fsp3) is 0.389. The molecule has 2 N–H and O–H groups in total. The second-order valence-corrected chi connectivity index (χ2v) is 8.33. The van der Waals surface area contributed by atoms with Crippen LogP contribution in [0.2, 0.25) is 0 Å². The van der Waals surface area contributed by atoms with Gasteiger partial charge in [-0.2, -0.15) is 4.98 Å². The Morgan fingerprint density at radius 2 is 1.82 bits per heavy atom. The number of hydrogen-bond acceptors (Lipinski definition) is 8. The Kier molecular flexibility index (Phi) is 5.68. The van der Waals surface area contributed by atoms with Gasteiger partial charge in [-0.3, -0.25) is 0 Å². The third-order valence-corrected chi connectivity index (χ3v) is 6.27. The van der Waals surface area contributed by atoms with Crippen molar-refractivity contribution in [1.82, 2.24) is 14.9 Å². The second kappa shape index (κ2) is 8.01. The van der Waals surface area contributed by atoms with Gasteiger partial charge in [-0.25, -0.2) is 18.2 Å². The number of ether oxygens (including phenoxy) is 1. The minimum absolute atomic E-state index is 0.0987. The largest absolute Gasteiger partial charge is 0.450 e. The van der Waals surface area contributed by atoms with E-state index in [1.165, 1.54) is 18.3 Å². The van der Waals surface area contributed by atoms with Gasteiger partial charge in [0.2, 0.25) is 15.8 Å². The van der Waals surface area contributed by atoms with Crippen molar-refractivity contribution in [1.29, 1.82) is 0 Å². The van der Waals surface area contributed by atoms with E-state index in [4.69, 9.17) is 10.5 Å². The first-order valence-electron chi connectivity index (χ1n) is 8.94. The van der Waals surface area contributed by atoms with Crippen LogP contribution in [0.1, 0.15) is 12.5 Å². The van der Waals surface area contributed by atoms with Gasteiger partial charge in [-0.1, -0.05) is 17.7 Å². The topological polar surface area (TPSA) is 119 Å². The van der Waals surface area contributed by atoms with Gasteiger partial charge in [0.1, 0.15) is 10.7 Å². The van der Waals surface area contributed by atoms with Crippen molar-refractivity contribution in [2.45, 2.75) is 23.6 Å². The summed E-state index contributed by atoms with van der Waals surface area (Å²) in [6.45, 7) is 5.90. The summed E-state index contributed by atoms with van der Waals surface area (Å²) < 4.78 is 30.6. The van der Waals surface area contributed by atoms with E-state index in [0.29, 0.717) is 38.7 Å². The summed E-state index contributed by atoms with van der Waals surface area (Å²) in [4.78, 5) is 23.7. The number of nitrogen functional groups attached to an aromatic ring is 1. The maximum atomic E-state index is 12.8. The standard InChI is InChI=1S/C18H23N5O4S/c1-3-27-18(24)23-10-8-22(9-11-23)17-20-12-15(16(19)21-17)28(25,26)14-6-4-13(2)5-7-14/h4-7,12H,3,8-11H2,1-2H3,(H2,19,20,21). The first-order valence-corrected chi connectivity index (χ1v) is 10.4. The molecule has 0 spiro atoms. The molecule has 28 heavy (non-hydrogen) atoms. The van der Waals surface area contributed by atoms with E-state index in [-0.39, 0.29) is 21.7 Å². The van der Waals surface area contributed by atoms with Gasteiger partial charge in [-0.15, -0.1) is 0 Å². The number of sulfone groups is 1. The predicted octanol–water partition coefficient (Wildman–Crippen LogP) is 1.48. The highest BCUT2D eigenvalue weighted by atomic mass is 32.2. The highest BCUT2D eigenvalue weighted by molar-refractivity contribution is 7.91. The van der Waals surface area contributed by atoms with Crippen molar-refractivity contribution < 1.29 is 17.9 Å². The van der Waals surface area contributed by atoms with E-state index in [1.54, 1.807) is 24.0 Å². The van der Waals surface area contributed by atoms with Crippen LogP contribution in [0.3, 0.4) is 0 Å². The number of amides is 1. The molecule has 0 aliphatic carbocycles. The average Bonchev–Trinajstić information content (AvgIpc) is 2.68. The van der Waals surface area contributed by atoms with Crippen molar-refractivity contribution in [3.8, 4) is 0 Å². The zero-order chi connectivity index (χ0) is 20.3. The molecule has 0 saturated carbocycles. The molecule has 1 aliphatic rings. The molecule has 10 heteroatoms. The summed E-state index contributed by atoms with van der Waals surface area (Å²) in [5.41, 5.74) is 6.91. The Morgan fingerprint density at radius 3 is 2.39 bits per heavy atom. The molecule has 0 radical (unpaired) electrons. The molecule has 0 unspecified atom stereocenters. The normalized spacial score (nSPS) is 14.8. The maximum Gasteiger partial charge on any atom is 0.409 e. The number of anilines is 2. The molecule has 1 aliphatic heterocycles. The summed E-state index contributed by atoms with van der Waals surface area (Å²) in [6, 6.07) is 6.52. The Hall–Kier alpha value is -2.88. The van der Waals surface area contributed by atoms with Gasteiger partial charge >= 0.3 is 6.09 Å². The van der Waals surface area contributed by atoms with Crippen molar-refractivity contribution in [3.63, 3.8) is 0 Å². The first-order chi connectivity index (χ1) is 13.3. The molecule has 1 aromatic heterocycles. The minimum atomic E-state index is -3.80. The number of hydrogen-bond donors (Lipinski definition) is 1. The van der Waals surface area contributed by atoms with Crippen LogP contribution in [0.4, 0.5) is 16.6 Å². The number of piperazine rings is 1. The highest BCUT2D eigenvalue weighted by Crippen LogP contribution is 2.26. The molecule has 1 saturated heterocycles. The van der Waals surface area contributed by atoms with Crippen LogP contribution < -0.4 is 10.6 Å². The molecule has 0 atom stereocenters. The monoisotopic (exact) mass is 405 g/mol. The van der Waals surface area contributed by atoms with Crippen LogP contribution in [0.15, 0.2) is 40.3 Å². The maximum absolute atomic E-state index is 12.8. The zero-order valence-electron chi connectivity index (χ0n) is 15.8. The molecule has 0 bridgehead atoms. The third-order valence-electron chi connectivity index (χ3n) is 4.48. The number of rotatable bonds is 4. The number of benzene rings is 1. The molecule has 1 aromatic carbocycles. The number of aryl methyl sites for hydroxylation is 1. The summed E-state index contributed by atoms with van der Waals surface area (Å²) >= 11 is 0. The Bertz CT molecular complexity index is 954. The molecular formula is C18H23N5O4S. The quantitative estimate of drug-likeness (QED) is 0.812. The van der Waals surface area contributed by atoms with Gasteiger partial charge in [0.15, 0.2) is 0 Å². The van der Waals surface area contributed by atoms with E-state index < -0.39 is 9.84 Å². The average molecular weight is 405 g/mol. The summed E-state index contributed by atoms with van der Waals surface area (Å²) in [7, 11) is -3.80. The summed E-state index contributed by atoms with van der Waals surface area (Å²) in [5, 5.41) is 0. The lowest BCUT2D eigenvalue weighted by molar-refractivity contribution is 0.105. The number of nitrogens with two attached hydrogens (primary N) is 1. The smallest absolute Gasteiger partial charge is 0.409 e. The van der Waals surface area contributed by atoms with Crippen LogP contribution >= 0.6 is 0 Å². The third kappa shape index (κ3) is 4.01. The fourth-order valence-corrected chi connectivity index (χ4v) is 4.14. The van der Waals surface area contributed by atoms with E-state index in [2.05, 4.69) is 9.97 Å². The number of carbonyl (C=O) groups excluding carboxylic acids is 1. The fourth-order valence-electron chi connectivity index (χ4n) is 2.88. The minimum Gasteiger partial charge on any atom is -0.450 e. The molecule has 9 nitrogen and oxygen atoms in total. The lowest BCUT2D eigenvalue weighted by Gasteiger charge is -2.34. The van der Waals surface area contributed by atoms with E-state index in [9.17, 15) is 13.2 Å². The van der Waals surface area contributed by atoms with Crippen molar-refractivity contribution >= 4 is 27.7 Å². The molecule has 150 valence electrons. The summed E-state index contributed by atoms with van der Waals surface area (Å²) in [5.74, 6) is 0.238. The molecule has 2 heterocycles. The molecule has 2 aromatic rings. The van der Waals surface area contributed by atoms with Gasteiger partial charge in [0.05, 0.1) is 17.7 Å². The molecular weight excluding hydrogens is 382 g/mol.